The number of hydrogen-bond donors (Lipinski definition) is 3. The molecule has 136 valence electrons. The molecule has 0 saturated carbocycles. The van der Waals surface area contributed by atoms with Crippen LogP contribution in [0, 0.1) is 6.92 Å². The number of amidine groups is 1. The third kappa shape index (κ3) is 4.00. The zero-order chi connectivity index (χ0) is 18.6. The van der Waals surface area contributed by atoms with Gasteiger partial charge in [-0.2, -0.15) is 0 Å². The average Bonchev–Trinajstić information content (AvgIpc) is 3.11. The molecule has 0 saturated heterocycles. The summed E-state index contributed by atoms with van der Waals surface area (Å²) in [7, 11) is 3.71. The van der Waals surface area contributed by atoms with Crippen molar-refractivity contribution in [3.8, 4) is 5.75 Å². The molecule has 0 spiro atoms. The normalized spacial score (nSPS) is 21.1. The van der Waals surface area contributed by atoms with Gasteiger partial charge in [-0.05, 0) is 24.6 Å². The van der Waals surface area contributed by atoms with Crippen LogP contribution in [-0.4, -0.2) is 67.6 Å². The van der Waals surface area contributed by atoms with Gasteiger partial charge in [0, 0.05) is 20.7 Å². The molecule has 3 N–H and O–H groups in total. The highest BCUT2D eigenvalue weighted by Crippen LogP contribution is 2.37. The molecule has 2 heterocycles. The van der Waals surface area contributed by atoms with Gasteiger partial charge in [0.05, 0.1) is 18.8 Å². The molecule has 1 aromatic carbocycles. The van der Waals surface area contributed by atoms with Crippen molar-refractivity contribution in [2.24, 2.45) is 4.99 Å². The second-order valence-electron chi connectivity index (χ2n) is 5.65. The number of nitrogens with one attached hydrogen (secondary N) is 1. The number of benzene rings is 1. The number of likely N-dealkylation sites (N-methyl/N-ethyl adjacent to an activating group) is 1. The lowest BCUT2D eigenvalue weighted by Gasteiger charge is -2.41. The first-order chi connectivity index (χ1) is 11.8. The van der Waals surface area contributed by atoms with Crippen LogP contribution in [0.5, 0.6) is 5.75 Å². The monoisotopic (exact) mass is 351 g/mol. The van der Waals surface area contributed by atoms with Crippen molar-refractivity contribution < 1.29 is 29.3 Å². The Balaban J connectivity index is 0.000000326. The minimum absolute atomic E-state index is 0.617. The Kier molecular flexibility index (Phi) is 5.48. The molecule has 1 atom stereocenters. The van der Waals surface area contributed by atoms with Crippen molar-refractivity contribution in [2.75, 3.05) is 38.7 Å². The van der Waals surface area contributed by atoms with Gasteiger partial charge in [0.1, 0.15) is 5.75 Å². The van der Waals surface area contributed by atoms with Crippen molar-refractivity contribution >= 4 is 23.5 Å². The lowest BCUT2D eigenvalue weighted by molar-refractivity contribution is -0.159. The topological polar surface area (TPSA) is 121 Å². The van der Waals surface area contributed by atoms with Crippen LogP contribution in [0.2, 0.25) is 0 Å². The lowest BCUT2D eigenvalue weighted by atomic mass is 10.1. The van der Waals surface area contributed by atoms with E-state index in [0.29, 0.717) is 6.54 Å². The Morgan fingerprint density at radius 1 is 1.36 bits per heavy atom. The lowest BCUT2D eigenvalue weighted by Crippen LogP contribution is -2.59. The molecule has 0 aliphatic carbocycles. The molecule has 9 heteroatoms. The van der Waals surface area contributed by atoms with Crippen molar-refractivity contribution in [3.63, 3.8) is 0 Å². The van der Waals surface area contributed by atoms with Gasteiger partial charge in [0.15, 0.2) is 5.84 Å². The van der Waals surface area contributed by atoms with E-state index < -0.39 is 17.7 Å². The third-order valence-corrected chi connectivity index (χ3v) is 3.79. The number of hydrogen-bond acceptors (Lipinski definition) is 7. The van der Waals surface area contributed by atoms with E-state index in [-0.39, 0.29) is 0 Å². The number of carboxylic acids is 2. The average molecular weight is 351 g/mol. The molecule has 2 aliphatic rings. The van der Waals surface area contributed by atoms with Crippen LogP contribution in [0.1, 0.15) is 5.56 Å². The highest BCUT2D eigenvalue weighted by atomic mass is 16.7. The maximum Gasteiger partial charge on any atom is 0.414 e. The van der Waals surface area contributed by atoms with E-state index in [0.717, 1.165) is 30.4 Å². The molecular weight excluding hydrogens is 330 g/mol. The summed E-state index contributed by atoms with van der Waals surface area (Å²) in [6.45, 7) is 4.31. The number of aryl methyl sites for hydroxylation is 1. The number of aliphatic carboxylic acids is 2. The Labute approximate surface area is 144 Å². The number of nitrogens with zero attached hydrogens (tertiary/aromatic N) is 2. The third-order valence-electron chi connectivity index (χ3n) is 3.79. The molecule has 9 nitrogen and oxygen atoms in total. The molecule has 1 unspecified atom stereocenters. The Morgan fingerprint density at radius 2 is 2.04 bits per heavy atom. The van der Waals surface area contributed by atoms with Crippen LogP contribution in [-0.2, 0) is 14.3 Å². The number of carboxylic acid groups (broad SMARTS) is 2. The molecular formula is C16H21N3O6. The van der Waals surface area contributed by atoms with Gasteiger partial charge in [-0.15, -0.1) is 0 Å². The number of ether oxygens (including phenoxy) is 2. The van der Waals surface area contributed by atoms with E-state index in [1.54, 1.807) is 7.11 Å². The second kappa shape index (κ2) is 7.39. The van der Waals surface area contributed by atoms with Gasteiger partial charge in [0.25, 0.3) is 5.79 Å². The maximum atomic E-state index is 9.10. The number of fused-ring (bicyclic) bond motifs is 1. The minimum Gasteiger partial charge on any atom is -0.473 e. The Bertz CT molecular complexity index is 693. The Hall–Kier alpha value is -2.81. The summed E-state index contributed by atoms with van der Waals surface area (Å²) in [5.41, 5.74) is 2.31. The van der Waals surface area contributed by atoms with Gasteiger partial charge < -0.3 is 29.9 Å². The van der Waals surface area contributed by atoms with Crippen molar-refractivity contribution in [1.82, 2.24) is 5.32 Å². The van der Waals surface area contributed by atoms with E-state index in [2.05, 4.69) is 28.2 Å². The molecule has 2 aliphatic heterocycles. The van der Waals surface area contributed by atoms with Crippen LogP contribution in [0.3, 0.4) is 0 Å². The van der Waals surface area contributed by atoms with Crippen molar-refractivity contribution in [3.05, 3.63) is 23.8 Å². The highest BCUT2D eigenvalue weighted by molar-refractivity contribution is 6.27. The van der Waals surface area contributed by atoms with Gasteiger partial charge in [0.2, 0.25) is 0 Å². The summed E-state index contributed by atoms with van der Waals surface area (Å²) in [4.78, 5) is 24.8. The van der Waals surface area contributed by atoms with E-state index in [9.17, 15) is 0 Å². The van der Waals surface area contributed by atoms with Crippen LogP contribution < -0.4 is 15.0 Å². The molecule has 3 rings (SSSR count). The number of rotatable bonds is 2. The summed E-state index contributed by atoms with van der Waals surface area (Å²) in [6, 6.07) is 6.16. The fourth-order valence-electron chi connectivity index (χ4n) is 2.60. The van der Waals surface area contributed by atoms with Crippen molar-refractivity contribution in [1.29, 1.82) is 0 Å². The number of carbonyl (C=O) groups is 2. The SMILES string of the molecule is COC1(C2=NCCN2)CN(C)c2cc(C)ccc2O1.O=C(O)C(=O)O. The molecule has 1 aromatic rings. The summed E-state index contributed by atoms with van der Waals surface area (Å²) in [5.74, 6) is -2.86. The summed E-state index contributed by atoms with van der Waals surface area (Å²) < 4.78 is 11.8. The number of anilines is 1. The fourth-order valence-corrected chi connectivity index (χ4v) is 2.60. The smallest absolute Gasteiger partial charge is 0.414 e. The van der Waals surface area contributed by atoms with Gasteiger partial charge in [-0.1, -0.05) is 6.07 Å². The zero-order valence-corrected chi connectivity index (χ0v) is 14.3. The second-order valence-corrected chi connectivity index (χ2v) is 5.65. The predicted molar refractivity (Wildman–Crippen MR) is 90.4 cm³/mol. The summed E-state index contributed by atoms with van der Waals surface area (Å²) in [5, 5.41) is 18.0. The number of methoxy groups -OCH3 is 1. The molecule has 0 amide bonds. The molecule has 25 heavy (non-hydrogen) atoms. The predicted octanol–water partition coefficient (Wildman–Crippen LogP) is 0.324. The molecule has 0 radical (unpaired) electrons. The van der Waals surface area contributed by atoms with E-state index in [1.807, 2.05) is 19.2 Å². The van der Waals surface area contributed by atoms with E-state index >= 15 is 0 Å². The zero-order valence-electron chi connectivity index (χ0n) is 14.3. The van der Waals surface area contributed by atoms with Crippen LogP contribution >= 0.6 is 0 Å². The van der Waals surface area contributed by atoms with Crippen LogP contribution in [0.4, 0.5) is 5.69 Å². The van der Waals surface area contributed by atoms with Gasteiger partial charge >= 0.3 is 11.9 Å². The molecule has 0 bridgehead atoms. The molecule has 0 aromatic heterocycles. The highest BCUT2D eigenvalue weighted by Gasteiger charge is 2.45. The largest absolute Gasteiger partial charge is 0.473 e. The minimum atomic E-state index is -1.82. The van der Waals surface area contributed by atoms with Gasteiger partial charge in [-0.25, -0.2) is 9.59 Å². The maximum absolute atomic E-state index is 9.10. The summed E-state index contributed by atoms with van der Waals surface area (Å²) in [6.07, 6.45) is 0. The first-order valence-corrected chi connectivity index (χ1v) is 7.60. The number of aliphatic imine (C=N–C) groups is 1. The van der Waals surface area contributed by atoms with Gasteiger partial charge in [-0.3, -0.25) is 4.99 Å². The first-order valence-electron chi connectivity index (χ1n) is 7.60. The van der Waals surface area contributed by atoms with Crippen LogP contribution in [0.15, 0.2) is 23.2 Å². The van der Waals surface area contributed by atoms with E-state index in [1.165, 1.54) is 5.56 Å². The molecule has 0 fully saturated rings. The van der Waals surface area contributed by atoms with E-state index in [4.69, 9.17) is 29.3 Å². The summed E-state index contributed by atoms with van der Waals surface area (Å²) >= 11 is 0. The quantitative estimate of drug-likeness (QED) is 0.652. The standard InChI is InChI=1S/C14H19N3O2.C2H2O4/c1-10-4-5-12-11(8-10)17(2)9-14(18-3,19-12)13-15-6-7-16-13;3-1(4)2(5)6/h4-5,8H,6-7,9H2,1-3H3,(H,15,16);(H,3,4)(H,5,6). The van der Waals surface area contributed by atoms with Crippen molar-refractivity contribution in [2.45, 2.75) is 12.7 Å². The Morgan fingerprint density at radius 3 is 2.56 bits per heavy atom. The fraction of sp³-hybridized carbons (Fsp3) is 0.438. The van der Waals surface area contributed by atoms with Crippen LogP contribution in [0.25, 0.3) is 0 Å². The first kappa shape index (κ1) is 18.5.